The van der Waals surface area contributed by atoms with Crippen molar-refractivity contribution in [3.8, 4) is 11.1 Å². The number of anilines is 3. The minimum absolute atomic E-state index is 0.0163. The van der Waals surface area contributed by atoms with Crippen LogP contribution in [0.25, 0.3) is 11.1 Å². The number of nitrogens with zero attached hydrogens (tertiary/aromatic N) is 5. The summed E-state index contributed by atoms with van der Waals surface area (Å²) in [4.78, 5) is 40.1. The van der Waals surface area contributed by atoms with Gasteiger partial charge in [-0.3, -0.25) is 14.5 Å². The number of benzene rings is 1. The van der Waals surface area contributed by atoms with Crippen LogP contribution in [0.15, 0.2) is 24.5 Å². The SMILES string of the molecule is C[C@@H]1CN(c2cc(F)c(-c3cnc(N4CCO[C@@H](C)C4)nc3)cc2NC(=O)C2CNC(=O)CC2C(F)(F)F)C[C@H](C)N1C. The Bertz CT molecular complexity index is 1330. The second-order valence-corrected chi connectivity index (χ2v) is 11.8. The molecule has 1 aromatic heterocycles. The van der Waals surface area contributed by atoms with Gasteiger partial charge in [0.05, 0.1) is 35.9 Å². The summed E-state index contributed by atoms with van der Waals surface area (Å²) in [6.07, 6.45) is -2.58. The molecule has 43 heavy (non-hydrogen) atoms. The number of halogens is 4. The number of rotatable bonds is 5. The number of carbonyl (C=O) groups excluding carboxylic acids is 2. The number of morpholine rings is 1. The number of amides is 2. The molecule has 5 atom stereocenters. The third-order valence-electron chi connectivity index (χ3n) is 8.68. The maximum Gasteiger partial charge on any atom is 0.393 e. The standard InChI is InChI=1S/C29H37F4N7O3/c1-16-13-40(14-17(2)38(16)4)25-9-23(30)20(19-10-35-28(36-11-19)39-5-6-43-18(3)15-39)7-24(25)37-27(42)21-12-34-26(41)8-22(21)29(31,32)33/h7,9-11,16-18,21-22H,5-6,8,12-15H2,1-4H3,(H,34,41)(H,37,42)/t16-,17+,18-,21?,22?/m0/s1. The van der Waals surface area contributed by atoms with Gasteiger partial charge in [-0.25, -0.2) is 14.4 Å². The zero-order valence-electron chi connectivity index (χ0n) is 24.6. The molecule has 0 bridgehead atoms. The second-order valence-electron chi connectivity index (χ2n) is 11.8. The molecular formula is C29H37F4N7O3. The monoisotopic (exact) mass is 607 g/mol. The zero-order chi connectivity index (χ0) is 31.1. The lowest BCUT2D eigenvalue weighted by Gasteiger charge is -2.44. The molecule has 2 aromatic rings. The maximum absolute atomic E-state index is 15.8. The van der Waals surface area contributed by atoms with Crippen LogP contribution >= 0.6 is 0 Å². The van der Waals surface area contributed by atoms with Crippen LogP contribution in [0.3, 0.4) is 0 Å². The Morgan fingerprint density at radius 1 is 1.07 bits per heavy atom. The Kier molecular flexibility index (Phi) is 8.80. The first-order valence-electron chi connectivity index (χ1n) is 14.5. The van der Waals surface area contributed by atoms with Crippen LogP contribution in [0, 0.1) is 17.7 Å². The molecule has 3 aliphatic rings. The number of nitrogens with one attached hydrogen (secondary N) is 2. The average Bonchev–Trinajstić information content (AvgIpc) is 2.96. The summed E-state index contributed by atoms with van der Waals surface area (Å²) in [5, 5.41) is 5.04. The first-order valence-corrected chi connectivity index (χ1v) is 14.5. The number of ether oxygens (including phenoxy) is 1. The lowest BCUT2D eigenvalue weighted by atomic mass is 9.84. The smallest absolute Gasteiger partial charge is 0.375 e. The van der Waals surface area contributed by atoms with Crippen LogP contribution in [0.2, 0.25) is 0 Å². The van der Waals surface area contributed by atoms with Crippen molar-refractivity contribution in [1.29, 1.82) is 0 Å². The highest BCUT2D eigenvalue weighted by Crippen LogP contribution is 2.39. The third kappa shape index (κ3) is 6.69. The highest BCUT2D eigenvalue weighted by atomic mass is 19.4. The summed E-state index contributed by atoms with van der Waals surface area (Å²) < 4.78 is 62.9. The molecule has 0 radical (unpaired) electrons. The molecule has 0 aliphatic carbocycles. The van der Waals surface area contributed by atoms with E-state index in [9.17, 15) is 22.8 Å². The van der Waals surface area contributed by atoms with Crippen molar-refractivity contribution < 1.29 is 31.9 Å². The fourth-order valence-electron chi connectivity index (χ4n) is 6.00. The van der Waals surface area contributed by atoms with Crippen molar-refractivity contribution in [1.82, 2.24) is 20.2 Å². The van der Waals surface area contributed by atoms with Crippen molar-refractivity contribution in [2.75, 3.05) is 61.5 Å². The Morgan fingerprint density at radius 3 is 2.37 bits per heavy atom. The van der Waals surface area contributed by atoms with E-state index in [-0.39, 0.29) is 29.4 Å². The Morgan fingerprint density at radius 2 is 1.74 bits per heavy atom. The van der Waals surface area contributed by atoms with Crippen molar-refractivity contribution in [3.63, 3.8) is 0 Å². The summed E-state index contributed by atoms with van der Waals surface area (Å²) in [5.41, 5.74) is 0.988. The Labute approximate surface area is 247 Å². The molecule has 2 N–H and O–H groups in total. The number of alkyl halides is 3. The summed E-state index contributed by atoms with van der Waals surface area (Å²) in [7, 11) is 1.99. The van der Waals surface area contributed by atoms with Gasteiger partial charge in [0.25, 0.3) is 0 Å². The van der Waals surface area contributed by atoms with Gasteiger partial charge in [0, 0.05) is 74.7 Å². The summed E-state index contributed by atoms with van der Waals surface area (Å²) in [6, 6.07) is 2.93. The van der Waals surface area contributed by atoms with Crippen molar-refractivity contribution in [2.24, 2.45) is 11.8 Å². The topological polar surface area (TPSA) is 103 Å². The average molecular weight is 608 g/mol. The van der Waals surface area contributed by atoms with E-state index in [1.165, 1.54) is 24.5 Å². The van der Waals surface area contributed by atoms with Crippen LogP contribution in [0.5, 0.6) is 0 Å². The van der Waals surface area contributed by atoms with Crippen molar-refractivity contribution in [3.05, 3.63) is 30.3 Å². The molecule has 3 saturated heterocycles. The van der Waals surface area contributed by atoms with Gasteiger partial charge in [-0.1, -0.05) is 0 Å². The summed E-state index contributed by atoms with van der Waals surface area (Å²) >= 11 is 0. The van der Waals surface area contributed by atoms with Crippen LogP contribution in [-0.2, 0) is 14.3 Å². The van der Waals surface area contributed by atoms with Gasteiger partial charge >= 0.3 is 6.18 Å². The second kappa shape index (κ2) is 12.2. The minimum Gasteiger partial charge on any atom is -0.375 e. The highest BCUT2D eigenvalue weighted by molar-refractivity contribution is 5.98. The quantitative estimate of drug-likeness (QED) is 0.500. The number of likely N-dealkylation sites (N-methyl/N-ethyl adjacent to an activating group) is 1. The van der Waals surface area contributed by atoms with Gasteiger partial charge in [-0.05, 0) is 40.0 Å². The van der Waals surface area contributed by atoms with Gasteiger partial charge in [0.15, 0.2) is 0 Å². The molecule has 0 spiro atoms. The molecule has 1 aromatic carbocycles. The van der Waals surface area contributed by atoms with Crippen molar-refractivity contribution in [2.45, 2.75) is 51.6 Å². The van der Waals surface area contributed by atoms with E-state index in [2.05, 4.69) is 25.5 Å². The van der Waals surface area contributed by atoms with E-state index in [1.54, 1.807) is 0 Å². The fourth-order valence-corrected chi connectivity index (χ4v) is 6.00. The summed E-state index contributed by atoms with van der Waals surface area (Å²) in [6.45, 7) is 8.35. The van der Waals surface area contributed by atoms with Crippen LogP contribution in [-0.4, -0.2) is 97.4 Å². The molecule has 2 unspecified atom stereocenters. The molecule has 4 heterocycles. The number of piperidine rings is 1. The molecule has 234 valence electrons. The zero-order valence-corrected chi connectivity index (χ0v) is 24.6. The van der Waals surface area contributed by atoms with E-state index in [0.29, 0.717) is 50.0 Å². The number of aromatic nitrogens is 2. The van der Waals surface area contributed by atoms with Gasteiger partial charge < -0.3 is 25.2 Å². The van der Waals surface area contributed by atoms with Gasteiger partial charge in [-0.2, -0.15) is 13.2 Å². The van der Waals surface area contributed by atoms with Gasteiger partial charge in [0.2, 0.25) is 17.8 Å². The lowest BCUT2D eigenvalue weighted by Crippen LogP contribution is -2.55. The molecular weight excluding hydrogens is 570 g/mol. The number of carbonyl (C=O) groups is 2. The van der Waals surface area contributed by atoms with E-state index >= 15 is 4.39 Å². The molecule has 5 rings (SSSR count). The molecule has 2 amide bonds. The first-order chi connectivity index (χ1) is 20.3. The summed E-state index contributed by atoms with van der Waals surface area (Å²) in [5.74, 6) is -5.43. The van der Waals surface area contributed by atoms with E-state index in [1.807, 2.05) is 37.6 Å². The molecule has 3 fully saturated rings. The van der Waals surface area contributed by atoms with Crippen molar-refractivity contribution >= 4 is 29.1 Å². The predicted molar refractivity (Wildman–Crippen MR) is 153 cm³/mol. The Hall–Kier alpha value is -3.52. The maximum atomic E-state index is 15.8. The van der Waals surface area contributed by atoms with Crippen LogP contribution in [0.4, 0.5) is 34.9 Å². The minimum atomic E-state index is -4.74. The third-order valence-corrected chi connectivity index (χ3v) is 8.68. The van der Waals surface area contributed by atoms with Crippen LogP contribution < -0.4 is 20.4 Å². The van der Waals surface area contributed by atoms with E-state index in [4.69, 9.17) is 4.74 Å². The molecule has 14 heteroatoms. The van der Waals surface area contributed by atoms with E-state index in [0.717, 1.165) is 0 Å². The molecule has 0 saturated carbocycles. The Balaban J connectivity index is 1.49. The lowest BCUT2D eigenvalue weighted by molar-refractivity contribution is -0.197. The van der Waals surface area contributed by atoms with E-state index < -0.39 is 48.6 Å². The van der Waals surface area contributed by atoms with Crippen LogP contribution in [0.1, 0.15) is 27.2 Å². The highest BCUT2D eigenvalue weighted by Gasteiger charge is 2.50. The first kappa shape index (κ1) is 30.9. The number of hydrogen-bond donors (Lipinski definition) is 2. The fraction of sp³-hybridized carbons (Fsp3) is 0.586. The normalized spacial score (nSPS) is 27.2. The number of piperazine rings is 1. The largest absolute Gasteiger partial charge is 0.393 e. The van der Waals surface area contributed by atoms with Gasteiger partial charge in [0.1, 0.15) is 5.82 Å². The van der Waals surface area contributed by atoms with Gasteiger partial charge in [-0.15, -0.1) is 0 Å². The predicted octanol–water partition coefficient (Wildman–Crippen LogP) is 3.29. The number of hydrogen-bond acceptors (Lipinski definition) is 8. The molecule has 10 nitrogen and oxygen atoms in total. The molecule has 3 aliphatic heterocycles.